The predicted octanol–water partition coefficient (Wildman–Crippen LogP) is 4.21. The Balaban J connectivity index is 2.18. The van der Waals surface area contributed by atoms with Gasteiger partial charge in [0, 0.05) is 16.7 Å². The minimum absolute atomic E-state index is 0.0966. The van der Waals surface area contributed by atoms with Crippen molar-refractivity contribution in [1.82, 2.24) is 0 Å². The Kier molecular flexibility index (Phi) is 4.64. The molecule has 2 aromatic carbocycles. The van der Waals surface area contributed by atoms with E-state index >= 15 is 0 Å². The monoisotopic (exact) mass is 324 g/mol. The van der Waals surface area contributed by atoms with Gasteiger partial charge in [0.2, 0.25) is 0 Å². The highest BCUT2D eigenvalue weighted by Gasteiger charge is 2.09. The summed E-state index contributed by atoms with van der Waals surface area (Å²) >= 11 is 9.38. The van der Waals surface area contributed by atoms with Crippen LogP contribution in [0.3, 0.4) is 0 Å². The molecule has 2 aromatic rings. The lowest BCUT2D eigenvalue weighted by atomic mass is 10.1. The van der Waals surface area contributed by atoms with Gasteiger partial charge in [0.05, 0.1) is 11.1 Å². The molecule has 0 spiro atoms. The Morgan fingerprint density at radius 2 is 1.89 bits per heavy atom. The predicted molar refractivity (Wildman–Crippen MR) is 81.0 cm³/mol. The second-order valence-electron chi connectivity index (χ2n) is 3.97. The standard InChI is InChI=1S/C14H14BrClN2/c15-12-8-11(6-7-13(12)16)18-14(9-17)10-4-2-1-3-5-10/h1-8,14,18H,9,17H2. The van der Waals surface area contributed by atoms with Crippen LogP contribution in [0.1, 0.15) is 11.6 Å². The van der Waals surface area contributed by atoms with Gasteiger partial charge in [-0.15, -0.1) is 0 Å². The molecule has 0 fully saturated rings. The van der Waals surface area contributed by atoms with Crippen LogP contribution in [0, 0.1) is 0 Å². The summed E-state index contributed by atoms with van der Waals surface area (Å²) in [6.45, 7) is 0.532. The molecule has 94 valence electrons. The van der Waals surface area contributed by atoms with Gasteiger partial charge in [-0.2, -0.15) is 0 Å². The molecule has 0 saturated carbocycles. The van der Waals surface area contributed by atoms with Crippen LogP contribution >= 0.6 is 27.5 Å². The van der Waals surface area contributed by atoms with E-state index in [1.807, 2.05) is 36.4 Å². The molecule has 0 aliphatic rings. The van der Waals surface area contributed by atoms with Crippen LogP contribution in [0.4, 0.5) is 5.69 Å². The number of halogens is 2. The molecule has 0 saturated heterocycles. The van der Waals surface area contributed by atoms with Gasteiger partial charge in [-0.05, 0) is 39.7 Å². The summed E-state index contributed by atoms with van der Waals surface area (Å²) < 4.78 is 0.873. The molecule has 4 heteroatoms. The summed E-state index contributed by atoms with van der Waals surface area (Å²) in [7, 11) is 0. The van der Waals surface area contributed by atoms with E-state index in [1.165, 1.54) is 5.56 Å². The highest BCUT2D eigenvalue weighted by Crippen LogP contribution is 2.27. The van der Waals surface area contributed by atoms with Gasteiger partial charge < -0.3 is 11.1 Å². The first kappa shape index (κ1) is 13.4. The zero-order valence-corrected chi connectivity index (χ0v) is 12.1. The number of nitrogens with one attached hydrogen (secondary N) is 1. The molecule has 3 N–H and O–H groups in total. The number of anilines is 1. The summed E-state index contributed by atoms with van der Waals surface area (Å²) in [5.41, 5.74) is 7.98. The molecule has 1 unspecified atom stereocenters. The van der Waals surface area contributed by atoms with Crippen LogP contribution in [-0.2, 0) is 0 Å². The normalized spacial score (nSPS) is 12.2. The van der Waals surface area contributed by atoms with E-state index in [0.29, 0.717) is 11.6 Å². The van der Waals surface area contributed by atoms with Crippen molar-refractivity contribution in [2.75, 3.05) is 11.9 Å². The molecule has 0 aliphatic heterocycles. The largest absolute Gasteiger partial charge is 0.377 e. The van der Waals surface area contributed by atoms with E-state index in [4.69, 9.17) is 17.3 Å². The molecule has 2 nitrogen and oxygen atoms in total. The van der Waals surface area contributed by atoms with E-state index in [1.54, 1.807) is 0 Å². The van der Waals surface area contributed by atoms with Gasteiger partial charge in [-0.25, -0.2) is 0 Å². The zero-order chi connectivity index (χ0) is 13.0. The van der Waals surface area contributed by atoms with Crippen LogP contribution < -0.4 is 11.1 Å². The molecule has 1 atom stereocenters. The Morgan fingerprint density at radius 3 is 2.50 bits per heavy atom. The van der Waals surface area contributed by atoms with Crippen molar-refractivity contribution in [3.8, 4) is 0 Å². The highest BCUT2D eigenvalue weighted by atomic mass is 79.9. The fourth-order valence-electron chi connectivity index (χ4n) is 1.75. The molecule has 0 amide bonds. The SMILES string of the molecule is NCC(Nc1ccc(Cl)c(Br)c1)c1ccccc1. The van der Waals surface area contributed by atoms with E-state index < -0.39 is 0 Å². The lowest BCUT2D eigenvalue weighted by molar-refractivity contribution is 0.790. The van der Waals surface area contributed by atoms with E-state index in [2.05, 4.69) is 33.4 Å². The maximum Gasteiger partial charge on any atom is 0.0636 e. The molecular weight excluding hydrogens is 312 g/mol. The maximum atomic E-state index is 5.97. The quantitative estimate of drug-likeness (QED) is 0.883. The lowest BCUT2D eigenvalue weighted by Gasteiger charge is -2.19. The average molecular weight is 326 g/mol. The van der Waals surface area contributed by atoms with Gasteiger partial charge in [0.1, 0.15) is 0 Å². The van der Waals surface area contributed by atoms with Gasteiger partial charge in [-0.3, -0.25) is 0 Å². The van der Waals surface area contributed by atoms with E-state index in [0.717, 1.165) is 10.2 Å². The number of benzene rings is 2. The van der Waals surface area contributed by atoms with Crippen LogP contribution in [0.15, 0.2) is 53.0 Å². The Hall–Kier alpha value is -1.03. The Labute approximate surface area is 120 Å². The maximum absolute atomic E-state index is 5.97. The van der Waals surface area contributed by atoms with Crippen LogP contribution in [0.25, 0.3) is 0 Å². The number of hydrogen-bond acceptors (Lipinski definition) is 2. The Morgan fingerprint density at radius 1 is 1.17 bits per heavy atom. The molecule has 18 heavy (non-hydrogen) atoms. The molecule has 0 bridgehead atoms. The first-order valence-corrected chi connectivity index (χ1v) is 6.84. The zero-order valence-electron chi connectivity index (χ0n) is 9.74. The summed E-state index contributed by atoms with van der Waals surface area (Å²) in [6, 6.07) is 16.0. The third-order valence-corrected chi connectivity index (χ3v) is 3.91. The fraction of sp³-hybridized carbons (Fsp3) is 0.143. The van der Waals surface area contributed by atoms with E-state index in [9.17, 15) is 0 Å². The number of rotatable bonds is 4. The highest BCUT2D eigenvalue weighted by molar-refractivity contribution is 9.10. The number of nitrogens with two attached hydrogens (primary N) is 1. The second kappa shape index (κ2) is 6.23. The molecule has 0 heterocycles. The molecule has 0 radical (unpaired) electrons. The summed E-state index contributed by atoms with van der Waals surface area (Å²) in [5.74, 6) is 0. The van der Waals surface area contributed by atoms with Gasteiger partial charge in [0.15, 0.2) is 0 Å². The van der Waals surface area contributed by atoms with Gasteiger partial charge >= 0.3 is 0 Å². The summed E-state index contributed by atoms with van der Waals surface area (Å²) in [5, 5.41) is 4.10. The number of hydrogen-bond donors (Lipinski definition) is 2. The van der Waals surface area contributed by atoms with Crippen molar-refractivity contribution < 1.29 is 0 Å². The van der Waals surface area contributed by atoms with Crippen molar-refractivity contribution in [1.29, 1.82) is 0 Å². The summed E-state index contributed by atoms with van der Waals surface area (Å²) in [6.07, 6.45) is 0. The third kappa shape index (κ3) is 3.25. The van der Waals surface area contributed by atoms with Crippen molar-refractivity contribution in [2.45, 2.75) is 6.04 Å². The molecular formula is C14H14BrClN2. The van der Waals surface area contributed by atoms with Gasteiger partial charge in [0.25, 0.3) is 0 Å². The third-order valence-electron chi connectivity index (χ3n) is 2.70. The molecule has 2 rings (SSSR count). The van der Waals surface area contributed by atoms with E-state index in [-0.39, 0.29) is 6.04 Å². The average Bonchev–Trinajstić information content (AvgIpc) is 2.41. The van der Waals surface area contributed by atoms with Crippen molar-refractivity contribution in [3.05, 3.63) is 63.6 Å². The van der Waals surface area contributed by atoms with Crippen molar-refractivity contribution in [2.24, 2.45) is 5.73 Å². The molecule has 0 aliphatic carbocycles. The van der Waals surface area contributed by atoms with Crippen LogP contribution in [0.2, 0.25) is 5.02 Å². The van der Waals surface area contributed by atoms with Crippen molar-refractivity contribution in [3.63, 3.8) is 0 Å². The minimum atomic E-state index is 0.0966. The topological polar surface area (TPSA) is 38.0 Å². The van der Waals surface area contributed by atoms with Crippen LogP contribution in [-0.4, -0.2) is 6.54 Å². The first-order chi connectivity index (χ1) is 8.70. The van der Waals surface area contributed by atoms with Crippen molar-refractivity contribution >= 4 is 33.2 Å². The summed E-state index contributed by atoms with van der Waals surface area (Å²) in [4.78, 5) is 0. The Bertz CT molecular complexity index is 516. The smallest absolute Gasteiger partial charge is 0.0636 e. The fourth-order valence-corrected chi connectivity index (χ4v) is 2.25. The van der Waals surface area contributed by atoms with Gasteiger partial charge in [-0.1, -0.05) is 41.9 Å². The van der Waals surface area contributed by atoms with Crippen LogP contribution in [0.5, 0.6) is 0 Å². The lowest BCUT2D eigenvalue weighted by Crippen LogP contribution is -2.20. The second-order valence-corrected chi connectivity index (χ2v) is 5.23. The molecule has 0 aromatic heterocycles. The minimum Gasteiger partial charge on any atom is -0.377 e. The first-order valence-electron chi connectivity index (χ1n) is 5.67.